The van der Waals surface area contributed by atoms with Crippen LogP contribution in [0, 0.1) is 11.3 Å². The smallest absolute Gasteiger partial charge is 0.417 e. The van der Waals surface area contributed by atoms with Crippen molar-refractivity contribution in [1.82, 2.24) is 4.98 Å². The van der Waals surface area contributed by atoms with Crippen molar-refractivity contribution in [3.05, 3.63) is 46.1 Å². The lowest BCUT2D eigenvalue weighted by Gasteiger charge is -2.11. The number of rotatable bonds is 3. The van der Waals surface area contributed by atoms with Crippen molar-refractivity contribution in [3.63, 3.8) is 0 Å². The normalized spacial score (nSPS) is 11.1. The lowest BCUT2D eigenvalue weighted by atomic mass is 10.1. The number of benzene rings is 1. The average molecular weight is 347 g/mol. The van der Waals surface area contributed by atoms with Crippen molar-refractivity contribution in [1.29, 1.82) is 5.26 Å². The van der Waals surface area contributed by atoms with E-state index in [0.29, 0.717) is 11.8 Å². The molecule has 1 aromatic carbocycles. The van der Waals surface area contributed by atoms with Gasteiger partial charge in [0.1, 0.15) is 11.8 Å². The molecule has 22 heavy (non-hydrogen) atoms. The summed E-state index contributed by atoms with van der Waals surface area (Å²) in [6.45, 7) is -0.211. The molecule has 2 rings (SSSR count). The van der Waals surface area contributed by atoms with E-state index in [9.17, 15) is 13.2 Å². The SMILES string of the molecule is N#CCOc1cc(-c2ncc(C(F)(F)F)cc2Cl)ccc1Cl. The highest BCUT2D eigenvalue weighted by Gasteiger charge is 2.31. The highest BCUT2D eigenvalue weighted by Crippen LogP contribution is 2.36. The zero-order chi connectivity index (χ0) is 16.3. The summed E-state index contributed by atoms with van der Waals surface area (Å²) in [7, 11) is 0. The van der Waals surface area contributed by atoms with Gasteiger partial charge >= 0.3 is 6.18 Å². The molecule has 0 aliphatic heterocycles. The van der Waals surface area contributed by atoms with Crippen LogP contribution in [0.15, 0.2) is 30.5 Å². The highest BCUT2D eigenvalue weighted by atomic mass is 35.5. The molecule has 8 heteroatoms. The van der Waals surface area contributed by atoms with Gasteiger partial charge in [-0.1, -0.05) is 29.3 Å². The maximum atomic E-state index is 12.6. The van der Waals surface area contributed by atoms with E-state index in [1.54, 1.807) is 12.1 Å². The summed E-state index contributed by atoms with van der Waals surface area (Å²) in [4.78, 5) is 3.75. The van der Waals surface area contributed by atoms with Crippen LogP contribution < -0.4 is 4.74 Å². The predicted octanol–water partition coefficient (Wildman–Crippen LogP) is 4.98. The molecule has 0 saturated heterocycles. The lowest BCUT2D eigenvalue weighted by Crippen LogP contribution is -2.05. The van der Waals surface area contributed by atoms with Crippen molar-refractivity contribution in [2.75, 3.05) is 6.61 Å². The van der Waals surface area contributed by atoms with Crippen molar-refractivity contribution < 1.29 is 17.9 Å². The summed E-state index contributed by atoms with van der Waals surface area (Å²) in [5, 5.41) is 8.61. The molecule has 0 amide bonds. The number of hydrogen-bond donors (Lipinski definition) is 0. The third-order valence-corrected chi connectivity index (χ3v) is 3.27. The van der Waals surface area contributed by atoms with Crippen LogP contribution in [-0.2, 0) is 6.18 Å². The van der Waals surface area contributed by atoms with E-state index >= 15 is 0 Å². The van der Waals surface area contributed by atoms with E-state index in [2.05, 4.69) is 4.98 Å². The van der Waals surface area contributed by atoms with E-state index < -0.39 is 11.7 Å². The molecule has 0 atom stereocenters. The Balaban J connectivity index is 2.42. The molecular formula is C14H7Cl2F3N2O. The number of alkyl halides is 3. The molecule has 0 bridgehead atoms. The molecule has 0 saturated carbocycles. The highest BCUT2D eigenvalue weighted by molar-refractivity contribution is 6.33. The van der Waals surface area contributed by atoms with E-state index in [1.165, 1.54) is 12.1 Å². The zero-order valence-electron chi connectivity index (χ0n) is 10.8. The first-order chi connectivity index (χ1) is 10.3. The van der Waals surface area contributed by atoms with Gasteiger partial charge in [-0.25, -0.2) is 0 Å². The average Bonchev–Trinajstić information content (AvgIpc) is 2.45. The number of pyridine rings is 1. The second-order valence-corrected chi connectivity index (χ2v) is 4.96. The van der Waals surface area contributed by atoms with Crippen molar-refractivity contribution >= 4 is 23.2 Å². The Labute approximate surface area is 133 Å². The Hall–Kier alpha value is -1.97. The Morgan fingerprint density at radius 1 is 1.18 bits per heavy atom. The molecule has 0 fully saturated rings. The number of halogens is 5. The van der Waals surface area contributed by atoms with Gasteiger partial charge in [-0.2, -0.15) is 18.4 Å². The third kappa shape index (κ3) is 3.62. The van der Waals surface area contributed by atoms with Crippen LogP contribution >= 0.6 is 23.2 Å². The third-order valence-electron chi connectivity index (χ3n) is 2.67. The fraction of sp³-hybridized carbons (Fsp3) is 0.143. The summed E-state index contributed by atoms with van der Waals surface area (Å²) in [6.07, 6.45) is -3.82. The van der Waals surface area contributed by atoms with Crippen LogP contribution in [0.25, 0.3) is 11.3 Å². The second kappa shape index (κ2) is 6.42. The van der Waals surface area contributed by atoms with Gasteiger partial charge in [0, 0.05) is 11.8 Å². The van der Waals surface area contributed by atoms with Crippen molar-refractivity contribution in [2.45, 2.75) is 6.18 Å². The molecule has 1 heterocycles. The number of aromatic nitrogens is 1. The number of hydrogen-bond acceptors (Lipinski definition) is 3. The van der Waals surface area contributed by atoms with Gasteiger partial charge < -0.3 is 4.74 Å². The topological polar surface area (TPSA) is 45.9 Å². The quantitative estimate of drug-likeness (QED) is 0.787. The van der Waals surface area contributed by atoms with Gasteiger partial charge in [-0.3, -0.25) is 4.98 Å². The minimum absolute atomic E-state index is 0.150. The van der Waals surface area contributed by atoms with Gasteiger partial charge in [-0.15, -0.1) is 0 Å². The Bertz CT molecular complexity index is 742. The molecule has 114 valence electrons. The summed E-state index contributed by atoms with van der Waals surface area (Å²) < 4.78 is 42.9. The van der Waals surface area contributed by atoms with E-state index in [4.69, 9.17) is 33.2 Å². The van der Waals surface area contributed by atoms with E-state index in [1.807, 2.05) is 0 Å². The first kappa shape index (κ1) is 16.4. The van der Waals surface area contributed by atoms with E-state index in [-0.39, 0.29) is 28.1 Å². The molecule has 0 radical (unpaired) electrons. The first-order valence-electron chi connectivity index (χ1n) is 5.85. The summed E-state index contributed by atoms with van der Waals surface area (Å²) in [5.74, 6) is 0.221. The fourth-order valence-corrected chi connectivity index (χ4v) is 2.12. The number of ether oxygens (including phenoxy) is 1. The van der Waals surface area contributed by atoms with Gasteiger partial charge in [0.15, 0.2) is 6.61 Å². The largest absolute Gasteiger partial charge is 0.477 e. The molecule has 3 nitrogen and oxygen atoms in total. The Morgan fingerprint density at radius 3 is 2.50 bits per heavy atom. The molecule has 0 aliphatic carbocycles. The maximum Gasteiger partial charge on any atom is 0.417 e. The van der Waals surface area contributed by atoms with Crippen molar-refractivity contribution in [2.24, 2.45) is 0 Å². The molecule has 0 N–H and O–H groups in total. The monoisotopic (exact) mass is 346 g/mol. The van der Waals surface area contributed by atoms with Crippen LogP contribution in [0.5, 0.6) is 5.75 Å². The summed E-state index contributed by atoms with van der Waals surface area (Å²) >= 11 is 11.8. The summed E-state index contributed by atoms with van der Waals surface area (Å²) in [6, 6.07) is 7.08. The fourth-order valence-electron chi connectivity index (χ4n) is 1.68. The predicted molar refractivity (Wildman–Crippen MR) is 75.8 cm³/mol. The lowest BCUT2D eigenvalue weighted by molar-refractivity contribution is -0.137. The minimum atomic E-state index is -4.52. The molecule has 2 aromatic rings. The Kier molecular flexibility index (Phi) is 4.79. The molecule has 0 aliphatic rings. The molecule has 0 spiro atoms. The van der Waals surface area contributed by atoms with Crippen LogP contribution in [-0.4, -0.2) is 11.6 Å². The Morgan fingerprint density at radius 2 is 1.91 bits per heavy atom. The molecular weight excluding hydrogens is 340 g/mol. The number of nitriles is 1. The minimum Gasteiger partial charge on any atom is -0.477 e. The van der Waals surface area contributed by atoms with Gasteiger partial charge in [-0.05, 0) is 18.2 Å². The van der Waals surface area contributed by atoms with Crippen molar-refractivity contribution in [3.8, 4) is 23.1 Å². The van der Waals surface area contributed by atoms with Gasteiger partial charge in [0.25, 0.3) is 0 Å². The van der Waals surface area contributed by atoms with Crippen LogP contribution in [0.1, 0.15) is 5.56 Å². The van der Waals surface area contributed by atoms with E-state index in [0.717, 1.165) is 6.07 Å². The summed E-state index contributed by atoms with van der Waals surface area (Å²) in [5.41, 5.74) is -0.347. The van der Waals surface area contributed by atoms with Gasteiger partial charge in [0.2, 0.25) is 0 Å². The van der Waals surface area contributed by atoms with Crippen LogP contribution in [0.3, 0.4) is 0 Å². The number of nitrogens with zero attached hydrogens (tertiary/aromatic N) is 2. The molecule has 0 unspecified atom stereocenters. The van der Waals surface area contributed by atoms with Crippen LogP contribution in [0.4, 0.5) is 13.2 Å². The standard InChI is InChI=1S/C14H7Cl2F3N2O/c15-10-2-1-8(5-12(10)22-4-3-20)13-11(16)6-9(7-21-13)14(17,18)19/h1-2,5-7H,4H2. The van der Waals surface area contributed by atoms with Gasteiger partial charge in [0.05, 0.1) is 21.3 Å². The zero-order valence-corrected chi connectivity index (χ0v) is 12.3. The maximum absolute atomic E-state index is 12.6. The first-order valence-corrected chi connectivity index (χ1v) is 6.61. The van der Waals surface area contributed by atoms with Crippen LogP contribution in [0.2, 0.25) is 10.0 Å². The molecule has 1 aromatic heterocycles. The second-order valence-electron chi connectivity index (χ2n) is 4.14.